The lowest BCUT2D eigenvalue weighted by Crippen LogP contribution is -2.61. The minimum atomic E-state index is -0.0210. The first-order valence-corrected chi connectivity index (χ1v) is 20.2. The first-order valence-electron chi connectivity index (χ1n) is 20.2. The Morgan fingerprint density at radius 3 is 1.71 bits per heavy atom. The SMILES string of the molecule is c1ccc(-c2ccccc2N2c3cccc4c3B(c3ccccc3N4c3ccccc3)c3ccc4c(oc5cc(N(c6ccccc6)c6ccccc6)ccc54)c32)cc1. The third kappa shape index (κ3) is 5.18. The molecule has 3 heterocycles. The summed E-state index contributed by atoms with van der Waals surface area (Å²) in [7, 11) is 0. The smallest absolute Gasteiger partial charge is 0.252 e. The van der Waals surface area contributed by atoms with E-state index in [-0.39, 0.29) is 6.71 Å². The van der Waals surface area contributed by atoms with Crippen LogP contribution in [-0.4, -0.2) is 6.71 Å². The van der Waals surface area contributed by atoms with Gasteiger partial charge in [-0.15, -0.1) is 0 Å². The molecule has 276 valence electrons. The van der Waals surface area contributed by atoms with Crippen molar-refractivity contribution in [2.24, 2.45) is 0 Å². The highest BCUT2D eigenvalue weighted by atomic mass is 16.3. The third-order valence-corrected chi connectivity index (χ3v) is 12.0. The summed E-state index contributed by atoms with van der Waals surface area (Å²) in [5.41, 5.74) is 17.8. The Hall–Kier alpha value is -7.76. The minimum Gasteiger partial charge on any atom is -0.454 e. The lowest BCUT2D eigenvalue weighted by atomic mass is 9.33. The highest BCUT2D eigenvalue weighted by molar-refractivity contribution is 7.00. The number of hydrogen-bond acceptors (Lipinski definition) is 4. The molecule has 12 rings (SSSR count). The molecule has 0 saturated heterocycles. The molecule has 0 unspecified atom stereocenters. The van der Waals surface area contributed by atoms with Gasteiger partial charge in [-0.05, 0) is 94.7 Å². The van der Waals surface area contributed by atoms with Gasteiger partial charge in [-0.25, -0.2) is 0 Å². The van der Waals surface area contributed by atoms with Gasteiger partial charge in [-0.2, -0.15) is 0 Å². The molecule has 10 aromatic rings. The molecule has 1 aromatic heterocycles. The van der Waals surface area contributed by atoms with Crippen molar-refractivity contribution in [2.75, 3.05) is 14.7 Å². The molecule has 0 spiro atoms. The van der Waals surface area contributed by atoms with Crippen molar-refractivity contribution in [1.29, 1.82) is 0 Å². The number of rotatable bonds is 6. The van der Waals surface area contributed by atoms with Gasteiger partial charge in [0.1, 0.15) is 5.58 Å². The Labute approximate surface area is 343 Å². The van der Waals surface area contributed by atoms with Crippen LogP contribution in [0.15, 0.2) is 223 Å². The first kappa shape index (κ1) is 33.4. The summed E-state index contributed by atoms with van der Waals surface area (Å²) < 4.78 is 7.27. The van der Waals surface area contributed by atoms with Gasteiger partial charge in [0.25, 0.3) is 6.71 Å². The molecule has 59 heavy (non-hydrogen) atoms. The van der Waals surface area contributed by atoms with Gasteiger partial charge in [-0.3, -0.25) is 0 Å². The Bertz CT molecular complexity index is 3150. The molecule has 0 saturated carbocycles. The predicted molar refractivity (Wildman–Crippen MR) is 248 cm³/mol. The van der Waals surface area contributed by atoms with E-state index >= 15 is 0 Å². The molecule has 0 N–H and O–H groups in total. The second-order valence-corrected chi connectivity index (χ2v) is 15.3. The van der Waals surface area contributed by atoms with Crippen LogP contribution in [0.25, 0.3) is 33.1 Å². The Kier molecular flexibility index (Phi) is 7.60. The largest absolute Gasteiger partial charge is 0.454 e. The monoisotopic (exact) mass is 753 g/mol. The number of benzene rings is 9. The topological polar surface area (TPSA) is 22.9 Å². The number of anilines is 9. The third-order valence-electron chi connectivity index (χ3n) is 12.0. The number of nitrogens with zero attached hydrogens (tertiary/aromatic N) is 3. The lowest BCUT2D eigenvalue weighted by molar-refractivity contribution is 0.669. The van der Waals surface area contributed by atoms with Gasteiger partial charge in [0, 0.05) is 62.2 Å². The number of para-hydroxylation sites is 5. The first-order chi connectivity index (χ1) is 29.3. The summed E-state index contributed by atoms with van der Waals surface area (Å²) in [4.78, 5) is 7.21. The zero-order valence-corrected chi connectivity index (χ0v) is 32.1. The van der Waals surface area contributed by atoms with Crippen LogP contribution in [0.3, 0.4) is 0 Å². The number of furan rings is 1. The summed E-state index contributed by atoms with van der Waals surface area (Å²) in [6, 6.07) is 78.4. The molecule has 0 aliphatic carbocycles. The Morgan fingerprint density at radius 2 is 0.983 bits per heavy atom. The maximum atomic E-state index is 7.27. The van der Waals surface area contributed by atoms with E-state index in [0.717, 1.165) is 72.9 Å². The number of fused-ring (bicyclic) bond motifs is 8. The quantitative estimate of drug-likeness (QED) is 0.158. The average Bonchev–Trinajstić information content (AvgIpc) is 3.69. The van der Waals surface area contributed by atoms with Gasteiger partial charge in [0.2, 0.25) is 0 Å². The van der Waals surface area contributed by atoms with Crippen LogP contribution in [0.2, 0.25) is 0 Å². The van der Waals surface area contributed by atoms with Crippen LogP contribution >= 0.6 is 0 Å². The lowest BCUT2D eigenvalue weighted by Gasteiger charge is -2.44. The highest BCUT2D eigenvalue weighted by Crippen LogP contribution is 2.49. The summed E-state index contributed by atoms with van der Waals surface area (Å²) in [6.07, 6.45) is 0. The van der Waals surface area contributed by atoms with E-state index in [9.17, 15) is 0 Å². The summed E-state index contributed by atoms with van der Waals surface area (Å²) in [6.45, 7) is -0.0210. The van der Waals surface area contributed by atoms with Gasteiger partial charge in [0.15, 0.2) is 5.58 Å². The van der Waals surface area contributed by atoms with Crippen LogP contribution in [0.1, 0.15) is 0 Å². The predicted octanol–water partition coefficient (Wildman–Crippen LogP) is 12.8. The maximum Gasteiger partial charge on any atom is 0.252 e. The molecular formula is C54H36BN3O. The van der Waals surface area contributed by atoms with Gasteiger partial charge >= 0.3 is 0 Å². The van der Waals surface area contributed by atoms with Crippen LogP contribution in [0.4, 0.5) is 51.2 Å². The molecule has 0 fully saturated rings. The molecule has 0 atom stereocenters. The van der Waals surface area contributed by atoms with E-state index in [1.54, 1.807) is 0 Å². The Morgan fingerprint density at radius 1 is 0.407 bits per heavy atom. The second-order valence-electron chi connectivity index (χ2n) is 15.3. The van der Waals surface area contributed by atoms with Crippen LogP contribution in [0.5, 0.6) is 0 Å². The van der Waals surface area contributed by atoms with E-state index in [0.29, 0.717) is 0 Å². The van der Waals surface area contributed by atoms with Crippen molar-refractivity contribution >= 4 is 96.2 Å². The van der Waals surface area contributed by atoms with E-state index in [4.69, 9.17) is 4.42 Å². The van der Waals surface area contributed by atoms with Crippen molar-refractivity contribution in [3.05, 3.63) is 218 Å². The highest BCUT2D eigenvalue weighted by Gasteiger charge is 2.44. The molecule has 0 radical (unpaired) electrons. The molecule has 5 heteroatoms. The van der Waals surface area contributed by atoms with E-state index in [1.807, 2.05) is 0 Å². The standard InChI is InChI=1S/C54H36BN3O/c1-5-18-37(19-6-1)42-26-13-15-28-47(42)58-50-31-17-30-49-52(50)55(45-27-14-16-29-48(45)57(49)40-24-11-4-12-25-40)46-35-34-44-43-33-32-41(36-51(43)59-54(44)53(46)58)56(38-20-7-2-8-21-38)39-22-9-3-10-23-39/h1-36H. The van der Waals surface area contributed by atoms with Gasteiger partial charge in [0.05, 0.1) is 11.4 Å². The molecule has 0 amide bonds. The van der Waals surface area contributed by atoms with Gasteiger partial charge in [-0.1, -0.05) is 140 Å². The maximum absolute atomic E-state index is 7.27. The van der Waals surface area contributed by atoms with Crippen LogP contribution in [0, 0.1) is 0 Å². The second kappa shape index (κ2) is 13.4. The van der Waals surface area contributed by atoms with Crippen molar-refractivity contribution in [1.82, 2.24) is 0 Å². The molecular weight excluding hydrogens is 717 g/mol. The average molecular weight is 754 g/mol. The van der Waals surface area contributed by atoms with Gasteiger partial charge < -0.3 is 19.1 Å². The van der Waals surface area contributed by atoms with Crippen molar-refractivity contribution in [3.8, 4) is 11.1 Å². The van der Waals surface area contributed by atoms with Crippen LogP contribution < -0.4 is 31.1 Å². The molecule has 4 nitrogen and oxygen atoms in total. The minimum absolute atomic E-state index is 0.0210. The molecule has 2 aliphatic rings. The fraction of sp³-hybridized carbons (Fsp3) is 0. The summed E-state index contributed by atoms with van der Waals surface area (Å²) in [5.74, 6) is 0. The van der Waals surface area contributed by atoms with Crippen molar-refractivity contribution < 1.29 is 4.42 Å². The fourth-order valence-electron chi connectivity index (χ4n) is 9.56. The normalized spacial score (nSPS) is 12.6. The van der Waals surface area contributed by atoms with E-state index in [2.05, 4.69) is 233 Å². The fourth-order valence-corrected chi connectivity index (χ4v) is 9.56. The summed E-state index contributed by atoms with van der Waals surface area (Å²) in [5, 5.41) is 2.18. The van der Waals surface area contributed by atoms with Crippen LogP contribution in [-0.2, 0) is 0 Å². The summed E-state index contributed by atoms with van der Waals surface area (Å²) >= 11 is 0. The van der Waals surface area contributed by atoms with Crippen molar-refractivity contribution in [2.45, 2.75) is 0 Å². The molecule has 9 aromatic carbocycles. The van der Waals surface area contributed by atoms with E-state index in [1.165, 1.54) is 27.8 Å². The number of hydrogen-bond donors (Lipinski definition) is 0. The molecule has 2 aliphatic heterocycles. The Balaban J connectivity index is 1.14. The van der Waals surface area contributed by atoms with E-state index < -0.39 is 0 Å². The molecule has 0 bridgehead atoms. The zero-order valence-electron chi connectivity index (χ0n) is 32.1. The zero-order chi connectivity index (χ0) is 38.9. The van der Waals surface area contributed by atoms with Crippen molar-refractivity contribution in [3.63, 3.8) is 0 Å².